The summed E-state index contributed by atoms with van der Waals surface area (Å²) in [4.78, 5) is 20.0. The molecule has 0 aliphatic carbocycles. The number of nitro groups is 1. The molecule has 1 aliphatic heterocycles. The van der Waals surface area contributed by atoms with Gasteiger partial charge in [-0.3, -0.25) is 4.84 Å². The van der Waals surface area contributed by atoms with Gasteiger partial charge in [-0.25, -0.2) is 4.98 Å². The lowest BCUT2D eigenvalue weighted by Gasteiger charge is -2.16. The number of imidazole rings is 1. The van der Waals surface area contributed by atoms with E-state index in [1.165, 1.54) is 17.1 Å². The highest BCUT2D eigenvalue weighted by Crippen LogP contribution is 2.39. The molecule has 2 atom stereocenters. The van der Waals surface area contributed by atoms with Gasteiger partial charge in [-0.15, -0.1) is 0 Å². The molecule has 0 radical (unpaired) electrons. The van der Waals surface area contributed by atoms with Crippen LogP contribution in [0, 0.1) is 10.1 Å². The Balaban J connectivity index is 1.85. The van der Waals surface area contributed by atoms with Crippen molar-refractivity contribution in [3.63, 3.8) is 0 Å². The zero-order chi connectivity index (χ0) is 14.1. The van der Waals surface area contributed by atoms with Gasteiger partial charge < -0.3 is 10.1 Å². The minimum atomic E-state index is -0.452. The average Bonchev–Trinajstić information content (AvgIpc) is 3.05. The molecule has 7 heteroatoms. The first kappa shape index (κ1) is 12.8. The van der Waals surface area contributed by atoms with Crippen LogP contribution in [0.1, 0.15) is 24.3 Å². The minimum Gasteiger partial charge on any atom is -0.358 e. The fourth-order valence-corrected chi connectivity index (χ4v) is 2.49. The zero-order valence-electron chi connectivity index (χ0n) is 10.9. The SMILES string of the molecule is CN1O[C@@H](n2cncc2[N+](=O)[O-])CC1c1ccccc1. The number of hydrogen-bond donors (Lipinski definition) is 0. The Bertz CT molecular complexity index is 613. The highest BCUT2D eigenvalue weighted by molar-refractivity contribution is 5.20. The number of aromatic nitrogens is 2. The van der Waals surface area contributed by atoms with Crippen LogP contribution in [0.25, 0.3) is 0 Å². The first-order valence-corrected chi connectivity index (χ1v) is 6.27. The van der Waals surface area contributed by atoms with Crippen LogP contribution >= 0.6 is 0 Å². The Kier molecular flexibility index (Phi) is 3.21. The maximum atomic E-state index is 10.9. The van der Waals surface area contributed by atoms with E-state index in [-0.39, 0.29) is 11.9 Å². The average molecular weight is 274 g/mol. The van der Waals surface area contributed by atoms with Crippen molar-refractivity contribution in [2.45, 2.75) is 18.7 Å². The van der Waals surface area contributed by atoms with Gasteiger partial charge in [-0.1, -0.05) is 30.3 Å². The van der Waals surface area contributed by atoms with E-state index in [1.807, 2.05) is 37.4 Å². The van der Waals surface area contributed by atoms with E-state index in [2.05, 4.69) is 4.98 Å². The minimum absolute atomic E-state index is 0.0582. The summed E-state index contributed by atoms with van der Waals surface area (Å²) in [7, 11) is 1.83. The van der Waals surface area contributed by atoms with E-state index in [4.69, 9.17) is 4.84 Å². The van der Waals surface area contributed by atoms with Crippen LogP contribution in [0.5, 0.6) is 0 Å². The van der Waals surface area contributed by atoms with Crippen LogP contribution in [0.4, 0.5) is 5.82 Å². The molecule has 1 fully saturated rings. The highest BCUT2D eigenvalue weighted by atomic mass is 16.7. The number of benzene rings is 1. The van der Waals surface area contributed by atoms with Crippen molar-refractivity contribution in [2.75, 3.05) is 7.05 Å². The molecule has 2 aromatic rings. The molecule has 20 heavy (non-hydrogen) atoms. The lowest BCUT2D eigenvalue weighted by atomic mass is 10.0. The third kappa shape index (κ3) is 2.17. The molecule has 7 nitrogen and oxygen atoms in total. The third-order valence-corrected chi connectivity index (χ3v) is 3.48. The maximum Gasteiger partial charge on any atom is 0.344 e. The predicted molar refractivity (Wildman–Crippen MR) is 70.6 cm³/mol. The molecule has 3 rings (SSSR count). The summed E-state index contributed by atoms with van der Waals surface area (Å²) in [6.45, 7) is 0. The lowest BCUT2D eigenvalue weighted by molar-refractivity contribution is -0.394. The molecular formula is C13H14N4O3. The van der Waals surface area contributed by atoms with E-state index in [0.717, 1.165) is 5.56 Å². The summed E-state index contributed by atoms with van der Waals surface area (Å²) in [5.41, 5.74) is 1.13. The molecule has 1 aromatic heterocycles. The first-order valence-electron chi connectivity index (χ1n) is 6.27. The van der Waals surface area contributed by atoms with Crippen LogP contribution in [0.3, 0.4) is 0 Å². The van der Waals surface area contributed by atoms with E-state index >= 15 is 0 Å². The van der Waals surface area contributed by atoms with Gasteiger partial charge in [0.1, 0.15) is 6.20 Å². The number of hydroxylamine groups is 2. The lowest BCUT2D eigenvalue weighted by Crippen LogP contribution is -2.17. The molecule has 2 heterocycles. The molecule has 0 saturated carbocycles. The Morgan fingerprint density at radius 3 is 2.85 bits per heavy atom. The molecule has 0 bridgehead atoms. The standard InChI is InChI=1S/C13H14N4O3/c1-15-11(10-5-3-2-4-6-10)7-13(20-15)16-9-14-8-12(16)17(18)19/h2-6,8-9,11,13H,7H2,1H3/t11?,13-/m1/s1. The van der Waals surface area contributed by atoms with Crippen LogP contribution < -0.4 is 0 Å². The highest BCUT2D eigenvalue weighted by Gasteiger charge is 2.37. The smallest absolute Gasteiger partial charge is 0.344 e. The van der Waals surface area contributed by atoms with Crippen molar-refractivity contribution in [1.29, 1.82) is 0 Å². The summed E-state index contributed by atoms with van der Waals surface area (Å²) >= 11 is 0. The molecule has 1 unspecified atom stereocenters. The number of hydrogen-bond acceptors (Lipinski definition) is 5. The zero-order valence-corrected chi connectivity index (χ0v) is 10.9. The topological polar surface area (TPSA) is 73.4 Å². The molecule has 104 valence electrons. The third-order valence-electron chi connectivity index (χ3n) is 3.48. The molecule has 1 aromatic carbocycles. The fourth-order valence-electron chi connectivity index (χ4n) is 2.49. The van der Waals surface area contributed by atoms with E-state index in [9.17, 15) is 10.1 Å². The van der Waals surface area contributed by atoms with Gasteiger partial charge in [-0.2, -0.15) is 9.63 Å². The van der Waals surface area contributed by atoms with Gasteiger partial charge in [-0.05, 0) is 10.5 Å². The molecule has 1 saturated heterocycles. The van der Waals surface area contributed by atoms with Crippen molar-refractivity contribution in [3.8, 4) is 0 Å². The predicted octanol–water partition coefficient (Wildman–Crippen LogP) is 2.30. The van der Waals surface area contributed by atoms with Crippen molar-refractivity contribution >= 4 is 5.82 Å². The quantitative estimate of drug-likeness (QED) is 0.634. The van der Waals surface area contributed by atoms with Gasteiger partial charge in [0.25, 0.3) is 0 Å². The Morgan fingerprint density at radius 2 is 2.15 bits per heavy atom. The second-order valence-electron chi connectivity index (χ2n) is 4.68. The van der Waals surface area contributed by atoms with Crippen LogP contribution in [-0.2, 0) is 4.84 Å². The second-order valence-corrected chi connectivity index (χ2v) is 4.68. The molecule has 1 aliphatic rings. The number of nitrogens with zero attached hydrogens (tertiary/aromatic N) is 4. The normalized spacial score (nSPS) is 23.1. The Morgan fingerprint density at radius 1 is 1.40 bits per heavy atom. The maximum absolute atomic E-state index is 10.9. The van der Waals surface area contributed by atoms with Crippen molar-refractivity contribution in [2.24, 2.45) is 0 Å². The van der Waals surface area contributed by atoms with Crippen LogP contribution in [-0.4, -0.2) is 26.6 Å². The summed E-state index contributed by atoms with van der Waals surface area (Å²) in [5, 5.41) is 12.7. The second kappa shape index (κ2) is 5.03. The first-order chi connectivity index (χ1) is 9.66. The van der Waals surface area contributed by atoms with E-state index in [0.29, 0.717) is 6.42 Å². The fraction of sp³-hybridized carbons (Fsp3) is 0.308. The Labute approximate surface area is 115 Å². The summed E-state index contributed by atoms with van der Waals surface area (Å²) in [6, 6.07) is 10.0. The van der Waals surface area contributed by atoms with Crippen LogP contribution in [0.15, 0.2) is 42.9 Å². The molecule has 0 amide bonds. The van der Waals surface area contributed by atoms with E-state index < -0.39 is 11.2 Å². The van der Waals surface area contributed by atoms with Gasteiger partial charge in [0, 0.05) is 13.5 Å². The van der Waals surface area contributed by atoms with Gasteiger partial charge in [0.2, 0.25) is 6.23 Å². The van der Waals surface area contributed by atoms with Crippen LogP contribution in [0.2, 0.25) is 0 Å². The molecule has 0 spiro atoms. The van der Waals surface area contributed by atoms with Gasteiger partial charge >= 0.3 is 5.82 Å². The van der Waals surface area contributed by atoms with Gasteiger partial charge in [0.05, 0.1) is 6.04 Å². The van der Waals surface area contributed by atoms with E-state index in [1.54, 1.807) is 5.06 Å². The summed E-state index contributed by atoms with van der Waals surface area (Å²) < 4.78 is 1.46. The monoisotopic (exact) mass is 274 g/mol. The molecular weight excluding hydrogens is 260 g/mol. The molecule has 0 N–H and O–H groups in total. The Hall–Kier alpha value is -2.25. The van der Waals surface area contributed by atoms with Gasteiger partial charge in [0.15, 0.2) is 6.33 Å². The number of rotatable bonds is 3. The van der Waals surface area contributed by atoms with Crippen molar-refractivity contribution in [1.82, 2.24) is 14.6 Å². The largest absolute Gasteiger partial charge is 0.358 e. The van der Waals surface area contributed by atoms with Crippen molar-refractivity contribution < 1.29 is 9.76 Å². The van der Waals surface area contributed by atoms with Crippen molar-refractivity contribution in [3.05, 3.63) is 58.5 Å². The summed E-state index contributed by atoms with van der Waals surface area (Å²) in [5.74, 6) is -0.0582. The summed E-state index contributed by atoms with van der Waals surface area (Å²) in [6.07, 6.45) is 2.90.